The number of ether oxygens (including phenoxy) is 3. The predicted octanol–water partition coefficient (Wildman–Crippen LogP) is 7.73. The van der Waals surface area contributed by atoms with Crippen LogP contribution in [-0.4, -0.2) is 61.1 Å². The van der Waals surface area contributed by atoms with Gasteiger partial charge in [-0.25, -0.2) is 4.79 Å². The number of methoxy groups -OCH3 is 1. The summed E-state index contributed by atoms with van der Waals surface area (Å²) in [5.41, 5.74) is 1.56. The molecule has 1 N–H and O–H groups in total. The van der Waals surface area contributed by atoms with Gasteiger partial charge in [-0.15, -0.1) is 0 Å². The third-order valence-corrected chi connectivity index (χ3v) is 15.8. The maximum Gasteiger partial charge on any atom is 0.337 e. The Kier molecular flexibility index (Phi) is 10.2. The average molecular weight is 631 g/mol. The van der Waals surface area contributed by atoms with Gasteiger partial charge in [0.2, 0.25) is 0 Å². The first-order valence-corrected chi connectivity index (χ1v) is 19.5. The molecule has 0 saturated heterocycles. The van der Waals surface area contributed by atoms with Crippen molar-refractivity contribution in [1.82, 2.24) is 0 Å². The highest BCUT2D eigenvalue weighted by Gasteiger charge is 2.37. The second-order valence-electron chi connectivity index (χ2n) is 12.7. The van der Waals surface area contributed by atoms with Crippen LogP contribution in [0.1, 0.15) is 82.3 Å². The minimum absolute atomic E-state index is 0.0702. The molecule has 7 nitrogen and oxygen atoms in total. The van der Waals surface area contributed by atoms with Crippen molar-refractivity contribution in [2.75, 3.05) is 33.3 Å². The number of aliphatic hydroxyl groups is 1. The van der Waals surface area contributed by atoms with E-state index in [2.05, 4.69) is 4.74 Å². The van der Waals surface area contributed by atoms with Crippen molar-refractivity contribution < 1.29 is 46.7 Å². The lowest BCUT2D eigenvalue weighted by atomic mass is 10.1. The molecule has 0 amide bonds. The Bertz CT molecular complexity index is 1450. The SMILES string of the molecule is [2H]C([2H])(O)c1ccc(COC([2H])([2H])C([2H])([2H])O[Si](C)(C)C(C)(C)C)cc1.[2H]C([2H])(OCc1ccc(C(=O)OC)cc1)C([2H])([2H])O[Si](C)(C)C(C)(C)C. The molecule has 0 aromatic heterocycles. The Morgan fingerprint density at radius 2 is 1.05 bits per heavy atom. The summed E-state index contributed by atoms with van der Waals surface area (Å²) >= 11 is 0. The molecule has 2 rings (SSSR count). The number of hydrogen-bond donors (Lipinski definition) is 1. The first-order valence-electron chi connectivity index (χ1n) is 18.7. The van der Waals surface area contributed by atoms with E-state index < -0.39 is 55.4 Å². The van der Waals surface area contributed by atoms with Gasteiger partial charge in [-0.05, 0) is 65.1 Å². The maximum atomic E-state index is 11.4. The third-order valence-electron chi connectivity index (χ3n) is 7.39. The molecule has 0 radical (unpaired) electrons. The number of benzene rings is 2. The monoisotopic (exact) mass is 630 g/mol. The molecule has 0 atom stereocenters. The molecule has 9 heteroatoms. The normalized spacial score (nSPS) is 17.7. The van der Waals surface area contributed by atoms with Crippen molar-refractivity contribution in [1.29, 1.82) is 0 Å². The largest absolute Gasteiger partial charge is 0.465 e. The van der Waals surface area contributed by atoms with E-state index in [0.717, 1.165) is 0 Å². The first-order chi connectivity index (χ1) is 23.0. The van der Waals surface area contributed by atoms with Gasteiger partial charge in [0.05, 0.1) is 72.4 Å². The summed E-state index contributed by atoms with van der Waals surface area (Å²) in [5.74, 6) is -0.466. The average Bonchev–Trinajstić information content (AvgIpc) is 2.96. The quantitative estimate of drug-likeness (QED) is 0.169. The molecule has 42 heavy (non-hydrogen) atoms. The molecule has 2 aromatic carbocycles. The summed E-state index contributed by atoms with van der Waals surface area (Å²) in [5, 5.41) is 8.75. The van der Waals surface area contributed by atoms with Crippen LogP contribution in [-0.2, 0) is 42.8 Å². The Balaban J connectivity index is 0.000000520. The summed E-state index contributed by atoms with van der Waals surface area (Å²) in [4.78, 5) is 11.4. The molecule has 238 valence electrons. The zero-order chi connectivity index (χ0) is 41.0. The minimum atomic E-state index is -2.67. The molecule has 0 bridgehead atoms. The minimum Gasteiger partial charge on any atom is -0.465 e. The highest BCUT2D eigenvalue weighted by atomic mass is 28.4. The van der Waals surface area contributed by atoms with E-state index in [0.29, 0.717) is 16.7 Å². The van der Waals surface area contributed by atoms with Crippen molar-refractivity contribution >= 4 is 22.6 Å². The molecule has 0 aliphatic rings. The van der Waals surface area contributed by atoms with Gasteiger partial charge in [0.1, 0.15) is 0 Å². The van der Waals surface area contributed by atoms with Crippen LogP contribution in [0.5, 0.6) is 0 Å². The van der Waals surface area contributed by atoms with E-state index in [9.17, 15) is 9.90 Å². The van der Waals surface area contributed by atoms with Crippen molar-refractivity contribution in [3.05, 3.63) is 70.8 Å². The summed E-state index contributed by atoms with van der Waals surface area (Å²) in [6.07, 6.45) is 0. The molecule has 2 aromatic rings. The standard InChI is InChI=1S/C17H28O4Si.C16H28O3Si/c1-17(2,3)22(5,6)21-12-11-20-13-14-7-9-15(10-8-14)16(18)19-4;1-16(2,3)20(4,5)19-11-10-18-13-15-8-6-14(12-17)7-9-15/h7-10H,11-13H2,1-6H3;6-9,17H,10-13H2,1-5H3/i11D2,12D2;10D2,11D2,12D2. The molecule has 0 heterocycles. The highest BCUT2D eigenvalue weighted by Crippen LogP contribution is 2.37. The number of carbonyl (C=O) groups excluding carboxylic acids is 1. The van der Waals surface area contributed by atoms with Crippen molar-refractivity contribution in [2.45, 2.75) is 97.6 Å². The smallest absolute Gasteiger partial charge is 0.337 e. The van der Waals surface area contributed by atoms with Crippen molar-refractivity contribution in [3.8, 4) is 0 Å². The molecular weight excluding hydrogens is 565 g/mol. The van der Waals surface area contributed by atoms with Crippen LogP contribution < -0.4 is 0 Å². The van der Waals surface area contributed by atoms with Crippen LogP contribution in [0.2, 0.25) is 36.3 Å². The Labute approximate surface area is 271 Å². The summed E-state index contributed by atoms with van der Waals surface area (Å²) in [6, 6.07) is 12.0. The Hall–Kier alpha value is -1.86. The second kappa shape index (κ2) is 17.4. The fourth-order valence-electron chi connectivity index (χ4n) is 2.43. The Morgan fingerprint density at radius 3 is 1.38 bits per heavy atom. The van der Waals surface area contributed by atoms with Gasteiger partial charge < -0.3 is 28.2 Å². The summed E-state index contributed by atoms with van der Waals surface area (Å²) in [7, 11) is -3.79. The van der Waals surface area contributed by atoms with Crippen LogP contribution in [0, 0.1) is 0 Å². The van der Waals surface area contributed by atoms with Crippen LogP contribution in [0.25, 0.3) is 0 Å². The first kappa shape index (κ1) is 24.5. The molecule has 0 unspecified atom stereocenters. The molecule has 0 aliphatic carbocycles. The topological polar surface area (TPSA) is 83.5 Å². The molecule has 0 saturated carbocycles. The number of rotatable bonds is 14. The highest BCUT2D eigenvalue weighted by molar-refractivity contribution is 6.74. The van der Waals surface area contributed by atoms with E-state index in [1.165, 1.54) is 31.4 Å². The van der Waals surface area contributed by atoms with Gasteiger partial charge >= 0.3 is 5.97 Å². The molecular formula is C33H56O7Si2. The van der Waals surface area contributed by atoms with Gasteiger partial charge in [0, 0.05) is 0 Å². The summed E-state index contributed by atoms with van der Waals surface area (Å²) < 4.78 is 105. The van der Waals surface area contributed by atoms with Gasteiger partial charge in [0.15, 0.2) is 16.6 Å². The fourth-order valence-corrected chi connectivity index (χ4v) is 3.64. The van der Waals surface area contributed by atoms with Gasteiger partial charge in [-0.3, -0.25) is 0 Å². The van der Waals surface area contributed by atoms with E-state index in [4.69, 9.17) is 32.0 Å². The zero-order valence-corrected chi connectivity index (χ0v) is 28.9. The zero-order valence-electron chi connectivity index (χ0n) is 36.9. The second-order valence-corrected chi connectivity index (χ2v) is 22.2. The number of hydrogen-bond acceptors (Lipinski definition) is 7. The lowest BCUT2D eigenvalue weighted by Gasteiger charge is -2.36. The molecule has 0 fully saturated rings. The van der Waals surface area contributed by atoms with Crippen LogP contribution in [0.3, 0.4) is 0 Å². The third kappa shape index (κ3) is 13.6. The molecule has 0 spiro atoms. The van der Waals surface area contributed by atoms with E-state index >= 15 is 0 Å². The van der Waals surface area contributed by atoms with E-state index in [1.54, 1.807) is 24.3 Å². The van der Waals surface area contributed by atoms with Crippen LogP contribution in [0.15, 0.2) is 48.5 Å². The van der Waals surface area contributed by atoms with Crippen LogP contribution in [0.4, 0.5) is 0 Å². The lowest BCUT2D eigenvalue weighted by molar-refractivity contribution is 0.0600. The van der Waals surface area contributed by atoms with Crippen LogP contribution >= 0.6 is 0 Å². The van der Waals surface area contributed by atoms with Gasteiger partial charge in [-0.1, -0.05) is 77.9 Å². The van der Waals surface area contributed by atoms with Crippen molar-refractivity contribution in [2.24, 2.45) is 0 Å². The summed E-state index contributed by atoms with van der Waals surface area (Å²) in [6.45, 7) is 5.69. The van der Waals surface area contributed by atoms with Crippen molar-refractivity contribution in [3.63, 3.8) is 0 Å². The lowest BCUT2D eigenvalue weighted by Crippen LogP contribution is -2.41. The van der Waals surface area contributed by atoms with Gasteiger partial charge in [-0.2, -0.15) is 0 Å². The predicted molar refractivity (Wildman–Crippen MR) is 176 cm³/mol. The molecule has 0 aliphatic heterocycles. The van der Waals surface area contributed by atoms with Gasteiger partial charge in [0.25, 0.3) is 0 Å². The van der Waals surface area contributed by atoms with E-state index in [1.807, 2.05) is 67.7 Å². The number of esters is 1. The number of carbonyl (C=O) groups is 1. The maximum absolute atomic E-state index is 11.4. The fraction of sp³-hybridized carbons (Fsp3) is 0.606. The Morgan fingerprint density at radius 1 is 0.690 bits per heavy atom. The van der Waals surface area contributed by atoms with E-state index in [-0.39, 0.29) is 28.9 Å².